The van der Waals surface area contributed by atoms with Crippen LogP contribution in [0.1, 0.15) is 219 Å². The first-order chi connectivity index (χ1) is 28.5. The molecule has 0 bridgehead atoms. The molecule has 0 aromatic heterocycles. The average molecular weight is 869 g/mol. The summed E-state index contributed by atoms with van der Waals surface area (Å²) in [5.74, 6) is -1.04. The molecule has 0 aliphatic heterocycles. The first-order valence-electron chi connectivity index (χ1n) is 23.8. The number of unbranched alkanes of at least 4 members (excludes halogenated alkanes) is 28. The molecule has 6 atom stereocenters. The number of esters is 2. The number of phosphoric acid groups is 1. The monoisotopic (exact) mass is 869 g/mol. The van der Waals surface area contributed by atoms with Crippen LogP contribution in [0, 0.1) is 0 Å². The van der Waals surface area contributed by atoms with Crippen LogP contribution in [0.25, 0.3) is 0 Å². The Kier molecular flexibility index (Phi) is 40.1. The van der Waals surface area contributed by atoms with Crippen molar-refractivity contribution in [2.75, 3.05) is 26.4 Å². The van der Waals surface area contributed by atoms with Crippen LogP contribution in [0.15, 0.2) is 0 Å². The third kappa shape index (κ3) is 37.2. The molecule has 0 saturated heterocycles. The van der Waals surface area contributed by atoms with Crippen LogP contribution in [-0.4, -0.2) is 99.3 Å². The molecule has 0 fully saturated rings. The highest BCUT2D eigenvalue weighted by atomic mass is 31.2. The molecular weight excluding hydrogens is 779 g/mol. The summed E-state index contributed by atoms with van der Waals surface area (Å²) >= 11 is 0. The van der Waals surface area contributed by atoms with E-state index in [1.54, 1.807) is 0 Å². The van der Waals surface area contributed by atoms with Crippen molar-refractivity contribution in [2.45, 2.75) is 250 Å². The lowest BCUT2D eigenvalue weighted by Crippen LogP contribution is -2.47. The smallest absolute Gasteiger partial charge is 0.462 e. The highest BCUT2D eigenvalue weighted by Gasteiger charge is 2.33. The second-order valence-electron chi connectivity index (χ2n) is 16.6. The lowest BCUT2D eigenvalue weighted by Gasteiger charge is -2.26. The number of carbonyl (C=O) groups excluding carboxylic acids is 2. The molecule has 6 N–H and O–H groups in total. The van der Waals surface area contributed by atoms with Gasteiger partial charge in [0.05, 0.1) is 19.8 Å². The summed E-state index contributed by atoms with van der Waals surface area (Å²) in [4.78, 5) is 35.4. The zero-order chi connectivity index (χ0) is 43.8. The first-order valence-corrected chi connectivity index (χ1v) is 25.3. The molecule has 13 nitrogen and oxygen atoms in total. The van der Waals surface area contributed by atoms with Crippen molar-refractivity contribution in [1.82, 2.24) is 0 Å². The molecule has 0 aromatic carbocycles. The van der Waals surface area contributed by atoms with Gasteiger partial charge in [-0.25, -0.2) is 4.57 Å². The molecule has 0 spiro atoms. The van der Waals surface area contributed by atoms with Gasteiger partial charge in [0, 0.05) is 12.8 Å². The predicted molar refractivity (Wildman–Crippen MR) is 233 cm³/mol. The van der Waals surface area contributed by atoms with E-state index in [0.29, 0.717) is 12.8 Å². The Morgan fingerprint density at radius 2 is 0.780 bits per heavy atom. The van der Waals surface area contributed by atoms with Crippen LogP contribution >= 0.6 is 7.82 Å². The molecule has 352 valence electrons. The van der Waals surface area contributed by atoms with Crippen molar-refractivity contribution in [3.8, 4) is 0 Å². The number of aliphatic hydroxyl groups excluding tert-OH is 5. The van der Waals surface area contributed by atoms with E-state index in [1.807, 2.05) is 0 Å². The molecule has 14 heteroatoms. The van der Waals surface area contributed by atoms with Crippen molar-refractivity contribution < 1.29 is 63.1 Å². The zero-order valence-corrected chi connectivity index (χ0v) is 38.2. The second-order valence-corrected chi connectivity index (χ2v) is 18.0. The van der Waals surface area contributed by atoms with Crippen LogP contribution in [0.4, 0.5) is 0 Å². The van der Waals surface area contributed by atoms with Gasteiger partial charge in [-0.2, -0.15) is 0 Å². The van der Waals surface area contributed by atoms with Crippen LogP contribution < -0.4 is 0 Å². The molecule has 1 unspecified atom stereocenters. The standard InChI is InChI=1S/C45H89O13P/c1-3-5-7-9-11-13-15-17-19-21-23-25-27-29-31-33-42(49)55-36-39(37-56-59(53,54)57-38-41(48)45(52)44(51)40(47)35-46)58-43(50)34-32-30-28-26-24-22-20-18-16-14-12-10-8-6-4-2/h39-41,44-48,51-52H,3-38H2,1-2H3,(H,53,54)/t39-,40-,41-,44-,45-/m1/s1. The molecule has 0 saturated carbocycles. The quantitative estimate of drug-likeness (QED) is 0.0192. The van der Waals surface area contributed by atoms with E-state index < -0.39 is 76.7 Å². The summed E-state index contributed by atoms with van der Waals surface area (Å²) in [6, 6.07) is 0. The van der Waals surface area contributed by atoms with Gasteiger partial charge >= 0.3 is 19.8 Å². The molecule has 0 aliphatic rings. The molecule has 0 rings (SSSR count). The summed E-state index contributed by atoms with van der Waals surface area (Å²) in [7, 11) is -4.89. The Morgan fingerprint density at radius 1 is 0.458 bits per heavy atom. The minimum Gasteiger partial charge on any atom is -0.462 e. The minimum atomic E-state index is -4.89. The Balaban J connectivity index is 4.58. The topological polar surface area (TPSA) is 210 Å². The summed E-state index contributed by atoms with van der Waals surface area (Å²) in [5, 5.41) is 48.2. The lowest BCUT2D eigenvalue weighted by atomic mass is 10.0. The molecule has 59 heavy (non-hydrogen) atoms. The first kappa shape index (κ1) is 57.9. The van der Waals surface area contributed by atoms with Crippen molar-refractivity contribution in [3.63, 3.8) is 0 Å². The Morgan fingerprint density at radius 3 is 1.15 bits per heavy atom. The average Bonchev–Trinajstić information content (AvgIpc) is 3.22. The molecule has 0 aliphatic carbocycles. The van der Waals surface area contributed by atoms with Crippen LogP contribution in [0.3, 0.4) is 0 Å². The number of phosphoric ester groups is 1. The van der Waals surface area contributed by atoms with Crippen molar-refractivity contribution in [2.24, 2.45) is 0 Å². The fraction of sp³-hybridized carbons (Fsp3) is 0.956. The normalized spacial score (nSPS) is 15.3. The maximum atomic E-state index is 12.7. The SMILES string of the molecule is CCCCCCCCCCCCCCCCCC(=O)OC[C@H](COP(=O)(O)OC[C@@H](O)[C@@H](O)[C@H](O)[C@H](O)CO)OC(=O)CCCCCCCCCCCCCCCCC. The largest absolute Gasteiger partial charge is 0.472 e. The molecule has 0 amide bonds. The van der Waals surface area contributed by atoms with Gasteiger partial charge in [-0.3, -0.25) is 18.6 Å². The van der Waals surface area contributed by atoms with E-state index in [-0.39, 0.29) is 12.8 Å². The van der Waals surface area contributed by atoms with E-state index >= 15 is 0 Å². The number of hydrogen-bond acceptors (Lipinski definition) is 12. The van der Waals surface area contributed by atoms with Crippen molar-refractivity contribution >= 4 is 19.8 Å². The zero-order valence-electron chi connectivity index (χ0n) is 37.3. The minimum absolute atomic E-state index is 0.126. The van der Waals surface area contributed by atoms with Gasteiger partial charge in [-0.05, 0) is 12.8 Å². The van der Waals surface area contributed by atoms with Crippen LogP contribution in [-0.2, 0) is 32.7 Å². The fourth-order valence-corrected chi connectivity index (χ4v) is 7.72. The van der Waals surface area contributed by atoms with Crippen molar-refractivity contribution in [1.29, 1.82) is 0 Å². The Labute approximate surface area is 358 Å². The number of aliphatic hydroxyl groups is 5. The van der Waals surface area contributed by atoms with Gasteiger partial charge in [0.1, 0.15) is 31.0 Å². The third-order valence-corrected chi connectivity index (χ3v) is 11.8. The molecule has 0 radical (unpaired) electrons. The second kappa shape index (κ2) is 40.9. The summed E-state index contributed by atoms with van der Waals surface area (Å²) < 4.78 is 33.1. The van der Waals surface area contributed by atoms with Crippen LogP contribution in [0.2, 0.25) is 0 Å². The van der Waals surface area contributed by atoms with E-state index in [9.17, 15) is 39.5 Å². The van der Waals surface area contributed by atoms with Crippen molar-refractivity contribution in [3.05, 3.63) is 0 Å². The predicted octanol–water partition coefficient (Wildman–Crippen LogP) is 9.53. The summed E-state index contributed by atoms with van der Waals surface area (Å²) in [6.07, 6.45) is 27.5. The number of hydrogen-bond donors (Lipinski definition) is 6. The molecule has 0 heterocycles. The summed E-state index contributed by atoms with van der Waals surface area (Å²) in [5.41, 5.74) is 0. The summed E-state index contributed by atoms with van der Waals surface area (Å²) in [6.45, 7) is 1.57. The van der Waals surface area contributed by atoms with Gasteiger partial charge in [0.15, 0.2) is 6.10 Å². The van der Waals surface area contributed by atoms with E-state index in [1.165, 1.54) is 141 Å². The highest BCUT2D eigenvalue weighted by molar-refractivity contribution is 7.47. The van der Waals surface area contributed by atoms with Gasteiger partial charge in [0.25, 0.3) is 0 Å². The number of ether oxygens (including phenoxy) is 2. The van der Waals surface area contributed by atoms with Crippen LogP contribution in [0.5, 0.6) is 0 Å². The maximum absolute atomic E-state index is 12.7. The highest BCUT2D eigenvalue weighted by Crippen LogP contribution is 2.43. The third-order valence-electron chi connectivity index (χ3n) is 10.9. The van der Waals surface area contributed by atoms with Gasteiger partial charge in [-0.15, -0.1) is 0 Å². The fourth-order valence-electron chi connectivity index (χ4n) is 6.95. The maximum Gasteiger partial charge on any atom is 0.472 e. The Hall–Kier alpha value is -1.15. The number of rotatable bonds is 45. The van der Waals surface area contributed by atoms with Gasteiger partial charge in [-0.1, -0.05) is 194 Å². The molecule has 0 aromatic rings. The van der Waals surface area contributed by atoms with E-state index in [0.717, 1.165) is 38.5 Å². The Bertz CT molecular complexity index is 1000. The van der Waals surface area contributed by atoms with E-state index in [4.69, 9.17) is 23.6 Å². The van der Waals surface area contributed by atoms with E-state index in [2.05, 4.69) is 13.8 Å². The lowest BCUT2D eigenvalue weighted by molar-refractivity contribution is -0.161. The number of carbonyl (C=O) groups is 2. The van der Waals surface area contributed by atoms with Gasteiger partial charge < -0.3 is 39.9 Å². The van der Waals surface area contributed by atoms with Gasteiger partial charge in [0.2, 0.25) is 0 Å². The molecular formula is C45H89O13P.